The molecule has 21 heavy (non-hydrogen) atoms. The Labute approximate surface area is 134 Å². The standard InChI is InChI=1S/2C6H14N.C5H5.O.V/c2*1-5(2)7-6(3)4;1-2-4-5-3-1;;/h2*5-6H,1-4H3;1-3H,4H2;;/q2*-1;;;+2. The summed E-state index contributed by atoms with van der Waals surface area (Å²) in [6.07, 6.45) is 7.11. The van der Waals surface area contributed by atoms with Crippen LogP contribution in [-0.4, -0.2) is 31.7 Å². The van der Waals surface area contributed by atoms with Crippen molar-refractivity contribution in [2.24, 2.45) is 0 Å². The van der Waals surface area contributed by atoms with E-state index in [1.165, 1.54) is 0 Å². The van der Waals surface area contributed by atoms with Crippen molar-refractivity contribution < 1.29 is 18.1 Å². The molecule has 0 spiro atoms. The van der Waals surface area contributed by atoms with Crippen molar-refractivity contribution in [3.8, 4) is 0 Å². The van der Waals surface area contributed by atoms with Crippen LogP contribution in [0.25, 0.3) is 0 Å². The molecule has 122 valence electrons. The summed E-state index contributed by atoms with van der Waals surface area (Å²) < 4.78 is 20.1. The van der Waals surface area contributed by atoms with E-state index >= 15 is 0 Å². The molecule has 0 radical (unpaired) electrons. The molecule has 0 aromatic rings. The van der Waals surface area contributed by atoms with Crippen molar-refractivity contribution >= 4 is 0 Å². The molecule has 0 fully saturated rings. The fourth-order valence-electron chi connectivity index (χ4n) is 3.51. The molecule has 1 rings (SSSR count). The Morgan fingerprint density at radius 2 is 1.24 bits per heavy atom. The third kappa shape index (κ3) is 3.76. The molecule has 0 amide bonds. The molecule has 1 aliphatic carbocycles. The van der Waals surface area contributed by atoms with Gasteiger partial charge in [0, 0.05) is 0 Å². The van der Waals surface area contributed by atoms with Crippen LogP contribution < -0.4 is 0 Å². The fourth-order valence-corrected chi connectivity index (χ4v) is 9.70. The van der Waals surface area contributed by atoms with Crippen LogP contribution in [0.15, 0.2) is 22.5 Å². The van der Waals surface area contributed by atoms with E-state index < -0.39 is 14.4 Å². The van der Waals surface area contributed by atoms with Crippen molar-refractivity contribution in [3.63, 3.8) is 0 Å². The first kappa shape index (κ1) is 18.8. The van der Waals surface area contributed by atoms with Gasteiger partial charge in [-0.3, -0.25) is 0 Å². The minimum absolute atomic E-state index is 0.275. The molecule has 0 aromatic carbocycles. The van der Waals surface area contributed by atoms with E-state index in [2.05, 4.69) is 81.1 Å². The predicted octanol–water partition coefficient (Wildman–Crippen LogP) is 4.40. The van der Waals surface area contributed by atoms with E-state index in [0.717, 1.165) is 10.7 Å². The molecule has 0 unspecified atom stereocenters. The zero-order valence-electron chi connectivity index (χ0n) is 15.0. The van der Waals surface area contributed by atoms with Crippen LogP contribution in [0.2, 0.25) is 0 Å². The van der Waals surface area contributed by atoms with E-state index in [4.69, 9.17) is 0 Å². The van der Waals surface area contributed by atoms with Crippen LogP contribution in [0.5, 0.6) is 0 Å². The Morgan fingerprint density at radius 1 is 0.857 bits per heavy atom. The van der Waals surface area contributed by atoms with Gasteiger partial charge in [-0.05, 0) is 0 Å². The van der Waals surface area contributed by atoms with E-state index in [1.807, 2.05) is 0 Å². The normalized spacial score (nSPS) is 16.4. The molecule has 3 nitrogen and oxygen atoms in total. The first-order chi connectivity index (χ1) is 9.63. The molecule has 0 bridgehead atoms. The summed E-state index contributed by atoms with van der Waals surface area (Å²) in [7, 11) is 0. The number of hydrogen-bond donors (Lipinski definition) is 0. The minimum atomic E-state index is -3.55. The molecule has 0 saturated heterocycles. The van der Waals surface area contributed by atoms with E-state index in [0.29, 0.717) is 0 Å². The van der Waals surface area contributed by atoms with Gasteiger partial charge in [-0.15, -0.1) is 0 Å². The number of nitrogens with zero attached hydrogens (tertiary/aromatic N) is 2. The van der Waals surface area contributed by atoms with Gasteiger partial charge >= 0.3 is 134 Å². The molecule has 0 aromatic heterocycles. The second-order valence-electron chi connectivity index (χ2n) is 6.97. The zero-order chi connectivity index (χ0) is 16.4. The average Bonchev–Trinajstić information content (AvgIpc) is 2.79. The summed E-state index contributed by atoms with van der Waals surface area (Å²) >= 11 is -3.55. The fraction of sp³-hybridized carbons (Fsp3) is 0.765. The van der Waals surface area contributed by atoms with Crippen molar-refractivity contribution in [1.82, 2.24) is 7.50 Å². The van der Waals surface area contributed by atoms with Gasteiger partial charge in [0.05, 0.1) is 0 Å². The van der Waals surface area contributed by atoms with Crippen LogP contribution in [-0.2, 0) is 18.1 Å². The predicted molar refractivity (Wildman–Crippen MR) is 86.7 cm³/mol. The number of rotatable bonds is 7. The second-order valence-corrected chi connectivity index (χ2v) is 11.0. The Bertz CT molecular complexity index is 410. The Morgan fingerprint density at radius 3 is 1.48 bits per heavy atom. The molecular weight excluding hydrogens is 299 g/mol. The summed E-state index contributed by atoms with van der Waals surface area (Å²) in [6, 6.07) is 1.10. The molecule has 0 N–H and O–H groups in total. The Hall–Kier alpha value is -0.216. The first-order valence-corrected chi connectivity index (χ1v) is 10.7. The summed E-state index contributed by atoms with van der Waals surface area (Å²) in [5.41, 5.74) is 0. The summed E-state index contributed by atoms with van der Waals surface area (Å²) in [5.74, 6) is 0. The van der Waals surface area contributed by atoms with Crippen LogP contribution in [0.4, 0.5) is 0 Å². The van der Waals surface area contributed by atoms with Crippen LogP contribution in [0.1, 0.15) is 61.8 Å². The van der Waals surface area contributed by atoms with Gasteiger partial charge in [-0.1, -0.05) is 0 Å². The van der Waals surface area contributed by atoms with E-state index in [9.17, 15) is 3.67 Å². The van der Waals surface area contributed by atoms with Crippen molar-refractivity contribution in [3.05, 3.63) is 22.5 Å². The monoisotopic (exact) mass is 332 g/mol. The second kappa shape index (κ2) is 7.37. The van der Waals surface area contributed by atoms with Crippen molar-refractivity contribution in [2.75, 3.05) is 0 Å². The van der Waals surface area contributed by atoms with Gasteiger partial charge in [0.2, 0.25) is 0 Å². The number of hydrogen-bond acceptors (Lipinski definition) is 1. The maximum absolute atomic E-state index is 14.4. The first-order valence-electron chi connectivity index (χ1n) is 8.17. The SMILES string of the molecule is CC(C)[N](C(C)C)[V](=[O])([C]1=CC=CC1)[N](C(C)C)C(C)C. The van der Waals surface area contributed by atoms with Crippen LogP contribution in [0, 0.1) is 0 Å². The van der Waals surface area contributed by atoms with Crippen LogP contribution >= 0.6 is 0 Å². The molecule has 1 aliphatic rings. The third-order valence-corrected chi connectivity index (χ3v) is 10.4. The Balaban J connectivity index is 3.45. The van der Waals surface area contributed by atoms with Gasteiger partial charge in [-0.25, -0.2) is 0 Å². The molecule has 0 saturated carbocycles. The van der Waals surface area contributed by atoms with Gasteiger partial charge in [0.1, 0.15) is 0 Å². The van der Waals surface area contributed by atoms with Crippen molar-refractivity contribution in [1.29, 1.82) is 0 Å². The summed E-state index contributed by atoms with van der Waals surface area (Å²) in [6.45, 7) is 17.3. The van der Waals surface area contributed by atoms with Gasteiger partial charge in [0.15, 0.2) is 0 Å². The number of allylic oxidation sites excluding steroid dienone is 4. The molecule has 0 aliphatic heterocycles. The molecule has 0 atom stereocenters. The van der Waals surface area contributed by atoms with Gasteiger partial charge in [0.25, 0.3) is 0 Å². The quantitative estimate of drug-likeness (QED) is 0.690. The third-order valence-electron chi connectivity index (χ3n) is 3.87. The molecule has 0 heterocycles. The summed E-state index contributed by atoms with van der Waals surface area (Å²) in [4.78, 5) is 0. The van der Waals surface area contributed by atoms with E-state index in [-0.39, 0.29) is 24.2 Å². The van der Waals surface area contributed by atoms with Gasteiger partial charge in [-0.2, -0.15) is 0 Å². The van der Waals surface area contributed by atoms with E-state index in [1.54, 1.807) is 0 Å². The molecule has 4 heteroatoms. The zero-order valence-corrected chi connectivity index (χ0v) is 16.4. The summed E-state index contributed by atoms with van der Waals surface area (Å²) in [5, 5.41) is 0. The van der Waals surface area contributed by atoms with Crippen LogP contribution in [0.3, 0.4) is 0 Å². The van der Waals surface area contributed by atoms with Crippen molar-refractivity contribution in [2.45, 2.75) is 86.0 Å². The average molecular weight is 332 g/mol. The Kier molecular flexibility index (Phi) is 6.61. The van der Waals surface area contributed by atoms with Gasteiger partial charge < -0.3 is 0 Å². The molecular formula is C17H33N2OV. The maximum atomic E-state index is 14.4. The topological polar surface area (TPSA) is 23.6 Å².